The van der Waals surface area contributed by atoms with E-state index in [1.54, 1.807) is 18.2 Å². The van der Waals surface area contributed by atoms with Gasteiger partial charge in [-0.3, -0.25) is 29.4 Å². The zero-order chi connectivity index (χ0) is 23.8. The molecule has 4 amide bonds. The highest BCUT2D eigenvalue weighted by Crippen LogP contribution is 2.34. The van der Waals surface area contributed by atoms with Crippen LogP contribution in [0.5, 0.6) is 0 Å². The molecule has 2 aliphatic rings. The molecule has 2 aliphatic heterocycles. The third kappa shape index (κ3) is 5.01. The fraction of sp³-hybridized carbons (Fsp3) is 0.583. The summed E-state index contributed by atoms with van der Waals surface area (Å²) < 4.78 is 6.18. The molecule has 0 radical (unpaired) electrons. The van der Waals surface area contributed by atoms with Crippen molar-refractivity contribution in [1.82, 2.24) is 10.2 Å². The quantitative estimate of drug-likeness (QED) is 0.598. The number of benzene rings is 1. The summed E-state index contributed by atoms with van der Waals surface area (Å²) >= 11 is 0. The van der Waals surface area contributed by atoms with Crippen LogP contribution in [0.15, 0.2) is 18.2 Å². The second kappa shape index (κ2) is 8.65. The van der Waals surface area contributed by atoms with Crippen LogP contribution in [0, 0.1) is 5.92 Å². The average Bonchev–Trinajstić information content (AvgIpc) is 2.91. The monoisotopic (exact) mass is 443 g/mol. The van der Waals surface area contributed by atoms with Gasteiger partial charge in [0.1, 0.15) is 6.04 Å². The maximum atomic E-state index is 13.2. The maximum absolute atomic E-state index is 13.2. The van der Waals surface area contributed by atoms with E-state index in [0.717, 1.165) is 11.3 Å². The summed E-state index contributed by atoms with van der Waals surface area (Å²) in [6.45, 7) is 12.8. The summed E-state index contributed by atoms with van der Waals surface area (Å²) in [5.41, 5.74) is 0.207. The van der Waals surface area contributed by atoms with Gasteiger partial charge in [0, 0.05) is 12.1 Å². The van der Waals surface area contributed by atoms with Crippen molar-refractivity contribution < 1.29 is 23.9 Å². The van der Waals surface area contributed by atoms with Gasteiger partial charge < -0.3 is 10.1 Å². The molecule has 2 N–H and O–H groups in total. The van der Waals surface area contributed by atoms with Crippen LogP contribution < -0.4 is 10.6 Å². The number of carbonyl (C=O) groups excluding carboxylic acids is 4. The Hall–Kier alpha value is -2.74. The number of amides is 4. The number of piperidine rings is 1. The predicted molar refractivity (Wildman–Crippen MR) is 120 cm³/mol. The smallest absolute Gasteiger partial charge is 0.264 e. The topological polar surface area (TPSA) is 105 Å². The van der Waals surface area contributed by atoms with Crippen molar-refractivity contribution in [1.29, 1.82) is 0 Å². The number of hydrogen-bond donors (Lipinski definition) is 2. The van der Waals surface area contributed by atoms with Crippen molar-refractivity contribution in [2.24, 2.45) is 5.92 Å². The number of imide groups is 2. The molecule has 0 spiro atoms. The molecule has 1 unspecified atom stereocenters. The molecule has 1 saturated heterocycles. The van der Waals surface area contributed by atoms with E-state index in [0.29, 0.717) is 18.2 Å². The van der Waals surface area contributed by atoms with Crippen molar-refractivity contribution in [2.45, 2.75) is 78.0 Å². The third-order valence-corrected chi connectivity index (χ3v) is 5.66. The van der Waals surface area contributed by atoms with Crippen molar-refractivity contribution in [3.05, 3.63) is 29.3 Å². The first-order chi connectivity index (χ1) is 14.8. The molecule has 8 nitrogen and oxygen atoms in total. The lowest BCUT2D eigenvalue weighted by Gasteiger charge is -2.34. The standard InChI is InChI=1S/C24H33N3O5/c1-14(2)12-24(5,6)32-13-23(3,4)26-16-9-7-8-15-19(16)22(31)27(21(15)30)17-10-11-18(28)25-20(17)29/h7-9,14,17,26H,10-13H2,1-6H3,(H,25,28,29). The fourth-order valence-corrected chi connectivity index (χ4v) is 4.44. The third-order valence-electron chi connectivity index (χ3n) is 5.66. The minimum Gasteiger partial charge on any atom is -0.377 e. The summed E-state index contributed by atoms with van der Waals surface area (Å²) in [7, 11) is 0. The van der Waals surface area contributed by atoms with E-state index in [2.05, 4.69) is 38.3 Å². The molecule has 0 aliphatic carbocycles. The molecule has 1 aromatic carbocycles. The molecular weight excluding hydrogens is 410 g/mol. The number of fused-ring (bicyclic) bond motifs is 1. The van der Waals surface area contributed by atoms with Crippen molar-refractivity contribution in [3.63, 3.8) is 0 Å². The number of anilines is 1. The Labute approximate surface area is 189 Å². The van der Waals surface area contributed by atoms with Crippen LogP contribution in [-0.4, -0.2) is 52.3 Å². The van der Waals surface area contributed by atoms with Gasteiger partial charge in [-0.1, -0.05) is 19.9 Å². The SMILES string of the molecule is CC(C)CC(C)(C)OCC(C)(C)Nc1cccc2c1C(=O)N(C1CCC(=O)NC1=O)C2=O. The first-order valence-corrected chi connectivity index (χ1v) is 11.1. The molecule has 0 bridgehead atoms. The molecule has 8 heteroatoms. The van der Waals surface area contributed by atoms with Gasteiger partial charge in [-0.25, -0.2) is 0 Å². The molecule has 1 atom stereocenters. The van der Waals surface area contributed by atoms with E-state index in [-0.39, 0.29) is 29.6 Å². The molecule has 0 aromatic heterocycles. The van der Waals surface area contributed by atoms with Crippen molar-refractivity contribution in [2.75, 3.05) is 11.9 Å². The lowest BCUT2D eigenvalue weighted by Crippen LogP contribution is -2.54. The zero-order valence-corrected chi connectivity index (χ0v) is 19.7. The van der Waals surface area contributed by atoms with Gasteiger partial charge >= 0.3 is 0 Å². The maximum Gasteiger partial charge on any atom is 0.264 e. The molecule has 2 heterocycles. The Morgan fingerprint density at radius 1 is 1.12 bits per heavy atom. The Morgan fingerprint density at radius 2 is 1.81 bits per heavy atom. The minimum absolute atomic E-state index is 0.0887. The molecular formula is C24H33N3O5. The van der Waals surface area contributed by atoms with Gasteiger partial charge in [0.15, 0.2) is 0 Å². The average molecular weight is 444 g/mol. The Balaban J connectivity index is 1.80. The van der Waals surface area contributed by atoms with Crippen LogP contribution in [0.3, 0.4) is 0 Å². The van der Waals surface area contributed by atoms with Gasteiger partial charge in [0.05, 0.1) is 28.9 Å². The molecule has 3 rings (SSSR count). The highest BCUT2D eigenvalue weighted by atomic mass is 16.5. The Bertz CT molecular complexity index is 951. The number of rotatable bonds is 8. The lowest BCUT2D eigenvalue weighted by atomic mass is 9.95. The molecule has 1 fully saturated rings. The molecule has 174 valence electrons. The summed E-state index contributed by atoms with van der Waals surface area (Å²) in [4.78, 5) is 51.0. The summed E-state index contributed by atoms with van der Waals surface area (Å²) in [6, 6.07) is 4.06. The predicted octanol–water partition coefficient (Wildman–Crippen LogP) is 3.12. The Morgan fingerprint density at radius 3 is 2.44 bits per heavy atom. The van der Waals surface area contributed by atoms with Crippen molar-refractivity contribution >= 4 is 29.3 Å². The van der Waals surface area contributed by atoms with Gasteiger partial charge in [-0.2, -0.15) is 0 Å². The number of ether oxygens (including phenoxy) is 1. The van der Waals surface area contributed by atoms with Crippen LogP contribution in [0.1, 0.15) is 81.5 Å². The summed E-state index contributed by atoms with van der Waals surface area (Å²) in [5, 5.41) is 5.57. The molecule has 32 heavy (non-hydrogen) atoms. The minimum atomic E-state index is -0.985. The molecule has 1 aromatic rings. The van der Waals surface area contributed by atoms with Crippen LogP contribution in [0.4, 0.5) is 5.69 Å². The van der Waals surface area contributed by atoms with Crippen LogP contribution >= 0.6 is 0 Å². The highest BCUT2D eigenvalue weighted by molar-refractivity contribution is 6.25. The molecule has 0 saturated carbocycles. The van der Waals surface area contributed by atoms with Gasteiger partial charge in [0.2, 0.25) is 11.8 Å². The largest absolute Gasteiger partial charge is 0.377 e. The fourth-order valence-electron chi connectivity index (χ4n) is 4.44. The van der Waals surface area contributed by atoms with E-state index < -0.39 is 35.2 Å². The van der Waals surface area contributed by atoms with E-state index >= 15 is 0 Å². The van der Waals surface area contributed by atoms with Crippen molar-refractivity contribution in [3.8, 4) is 0 Å². The van der Waals surface area contributed by atoms with Gasteiger partial charge in [0.25, 0.3) is 11.8 Å². The van der Waals surface area contributed by atoms with Crippen LogP contribution in [0.2, 0.25) is 0 Å². The summed E-state index contributed by atoms with van der Waals surface area (Å²) in [5.74, 6) is -1.56. The van der Waals surface area contributed by atoms with Crippen LogP contribution in [-0.2, 0) is 14.3 Å². The Kier molecular flexibility index (Phi) is 6.47. The first kappa shape index (κ1) is 23.9. The van der Waals surface area contributed by atoms with E-state index in [1.807, 2.05) is 13.8 Å². The lowest BCUT2D eigenvalue weighted by molar-refractivity contribution is -0.136. The summed E-state index contributed by atoms with van der Waals surface area (Å²) in [6.07, 6.45) is 1.13. The highest BCUT2D eigenvalue weighted by Gasteiger charge is 2.46. The van der Waals surface area contributed by atoms with E-state index in [4.69, 9.17) is 4.74 Å². The number of carbonyl (C=O) groups is 4. The second-order valence-corrected chi connectivity index (χ2v) is 10.3. The van der Waals surface area contributed by atoms with Gasteiger partial charge in [-0.05, 0) is 58.6 Å². The second-order valence-electron chi connectivity index (χ2n) is 10.3. The number of nitrogens with zero attached hydrogens (tertiary/aromatic N) is 1. The number of hydrogen-bond acceptors (Lipinski definition) is 6. The van der Waals surface area contributed by atoms with Gasteiger partial charge in [-0.15, -0.1) is 0 Å². The van der Waals surface area contributed by atoms with E-state index in [9.17, 15) is 19.2 Å². The zero-order valence-electron chi connectivity index (χ0n) is 19.7. The van der Waals surface area contributed by atoms with E-state index in [1.165, 1.54) is 0 Å². The number of nitrogens with one attached hydrogen (secondary N) is 2. The first-order valence-electron chi connectivity index (χ1n) is 11.1. The normalized spacial score (nSPS) is 19.5. The van der Waals surface area contributed by atoms with Crippen LogP contribution in [0.25, 0.3) is 0 Å².